The summed E-state index contributed by atoms with van der Waals surface area (Å²) in [5, 5.41) is 13.3. The molecule has 0 saturated heterocycles. The normalized spacial score (nSPS) is 10.3. The lowest BCUT2D eigenvalue weighted by Crippen LogP contribution is -2.22. The maximum absolute atomic E-state index is 12.0. The molecule has 5 heteroatoms. The zero-order chi connectivity index (χ0) is 16.2. The summed E-state index contributed by atoms with van der Waals surface area (Å²) >= 11 is 3.40. The van der Waals surface area contributed by atoms with Crippen LogP contribution in [0, 0.1) is 11.3 Å². The van der Waals surface area contributed by atoms with Gasteiger partial charge in [-0.25, -0.2) is 4.68 Å². The molecule has 0 amide bonds. The smallest absolute Gasteiger partial charge is 0.267 e. The van der Waals surface area contributed by atoms with Crippen LogP contribution in [-0.2, 0) is 6.54 Å². The Morgan fingerprint density at radius 3 is 2.35 bits per heavy atom. The van der Waals surface area contributed by atoms with Crippen molar-refractivity contribution >= 4 is 15.9 Å². The molecule has 0 aliphatic heterocycles. The molecule has 3 aromatic rings. The van der Waals surface area contributed by atoms with Gasteiger partial charge in [-0.2, -0.15) is 10.4 Å². The Labute approximate surface area is 141 Å². The van der Waals surface area contributed by atoms with Gasteiger partial charge in [0.15, 0.2) is 0 Å². The minimum absolute atomic E-state index is 0.157. The van der Waals surface area contributed by atoms with Gasteiger partial charge in [0.2, 0.25) is 0 Å². The fraction of sp³-hybridized carbons (Fsp3) is 0.0556. The third kappa shape index (κ3) is 3.55. The van der Waals surface area contributed by atoms with Crippen molar-refractivity contribution in [3.8, 4) is 17.3 Å². The number of aromatic nitrogens is 2. The van der Waals surface area contributed by atoms with E-state index in [0.717, 1.165) is 21.3 Å². The lowest BCUT2D eigenvalue weighted by Gasteiger charge is -2.07. The Morgan fingerprint density at radius 1 is 1.00 bits per heavy atom. The Morgan fingerprint density at radius 2 is 1.70 bits per heavy atom. The van der Waals surface area contributed by atoms with Gasteiger partial charge in [-0.1, -0.05) is 40.2 Å². The molecule has 2 aromatic carbocycles. The van der Waals surface area contributed by atoms with Gasteiger partial charge in [-0.05, 0) is 35.9 Å². The molecular weight excluding hydrogens is 354 g/mol. The Kier molecular flexibility index (Phi) is 4.35. The number of rotatable bonds is 3. The maximum Gasteiger partial charge on any atom is 0.267 e. The predicted octanol–water partition coefficient (Wildman–Crippen LogP) is 3.59. The molecule has 0 N–H and O–H groups in total. The van der Waals surface area contributed by atoms with E-state index in [1.807, 2.05) is 36.4 Å². The quantitative estimate of drug-likeness (QED) is 0.712. The lowest BCUT2D eigenvalue weighted by atomic mass is 10.1. The average Bonchev–Trinajstić information content (AvgIpc) is 2.58. The van der Waals surface area contributed by atoms with E-state index in [1.54, 1.807) is 18.2 Å². The fourth-order valence-corrected chi connectivity index (χ4v) is 2.46. The molecule has 1 heterocycles. The highest BCUT2D eigenvalue weighted by Crippen LogP contribution is 2.18. The van der Waals surface area contributed by atoms with E-state index in [-0.39, 0.29) is 5.56 Å². The van der Waals surface area contributed by atoms with Crippen LogP contribution < -0.4 is 5.56 Å². The van der Waals surface area contributed by atoms with Gasteiger partial charge in [-0.15, -0.1) is 0 Å². The third-order valence-corrected chi connectivity index (χ3v) is 3.95. The number of hydrogen-bond donors (Lipinski definition) is 0. The van der Waals surface area contributed by atoms with E-state index in [9.17, 15) is 4.79 Å². The Hall–Kier alpha value is -2.71. The van der Waals surface area contributed by atoms with Crippen LogP contribution in [-0.4, -0.2) is 9.78 Å². The monoisotopic (exact) mass is 365 g/mol. The maximum atomic E-state index is 12.0. The first kappa shape index (κ1) is 15.2. The van der Waals surface area contributed by atoms with Crippen molar-refractivity contribution < 1.29 is 0 Å². The van der Waals surface area contributed by atoms with Crippen molar-refractivity contribution in [1.29, 1.82) is 5.26 Å². The summed E-state index contributed by atoms with van der Waals surface area (Å²) in [5.41, 5.74) is 3.05. The molecule has 4 nitrogen and oxygen atoms in total. The van der Waals surface area contributed by atoms with Crippen LogP contribution in [0.15, 0.2) is 69.9 Å². The average molecular weight is 366 g/mol. The van der Waals surface area contributed by atoms with Crippen molar-refractivity contribution in [1.82, 2.24) is 9.78 Å². The first-order valence-corrected chi connectivity index (χ1v) is 7.78. The van der Waals surface area contributed by atoms with Crippen LogP contribution in [0.4, 0.5) is 0 Å². The Balaban J connectivity index is 1.92. The molecule has 0 atom stereocenters. The predicted molar refractivity (Wildman–Crippen MR) is 91.9 cm³/mol. The second kappa shape index (κ2) is 6.59. The molecule has 0 fully saturated rings. The van der Waals surface area contributed by atoms with E-state index in [1.165, 1.54) is 10.7 Å². The minimum Gasteiger partial charge on any atom is -0.268 e. The number of hydrogen-bond acceptors (Lipinski definition) is 3. The summed E-state index contributed by atoms with van der Waals surface area (Å²) in [6.45, 7) is 0.370. The lowest BCUT2D eigenvalue weighted by molar-refractivity contribution is 0.643. The van der Waals surface area contributed by atoms with Gasteiger partial charge in [0.25, 0.3) is 5.56 Å². The second-order valence-corrected chi connectivity index (χ2v) is 5.95. The highest BCUT2D eigenvalue weighted by Gasteiger charge is 2.04. The van der Waals surface area contributed by atoms with E-state index in [4.69, 9.17) is 5.26 Å². The van der Waals surface area contributed by atoms with Crippen LogP contribution in [0.2, 0.25) is 0 Å². The summed E-state index contributed by atoms with van der Waals surface area (Å²) in [7, 11) is 0. The zero-order valence-corrected chi connectivity index (χ0v) is 13.7. The van der Waals surface area contributed by atoms with Crippen molar-refractivity contribution in [2.24, 2.45) is 0 Å². The van der Waals surface area contributed by atoms with Gasteiger partial charge >= 0.3 is 0 Å². The minimum atomic E-state index is -0.157. The molecule has 0 aliphatic carbocycles. The highest BCUT2D eigenvalue weighted by molar-refractivity contribution is 9.10. The summed E-state index contributed by atoms with van der Waals surface area (Å²) in [6, 6.07) is 20.2. The Bertz CT molecular complexity index is 922. The number of nitriles is 1. The topological polar surface area (TPSA) is 58.7 Å². The number of halogens is 1. The summed E-state index contributed by atoms with van der Waals surface area (Å²) < 4.78 is 2.42. The van der Waals surface area contributed by atoms with Crippen molar-refractivity contribution in [2.45, 2.75) is 6.54 Å². The van der Waals surface area contributed by atoms with Crippen molar-refractivity contribution in [2.75, 3.05) is 0 Å². The molecule has 0 aliphatic rings. The number of nitrogens with zero attached hydrogens (tertiary/aromatic N) is 3. The van der Waals surface area contributed by atoms with Crippen LogP contribution in [0.1, 0.15) is 11.1 Å². The van der Waals surface area contributed by atoms with E-state index >= 15 is 0 Å². The summed E-state index contributed by atoms with van der Waals surface area (Å²) in [5.74, 6) is 0. The molecule has 0 spiro atoms. The molecule has 23 heavy (non-hydrogen) atoms. The van der Waals surface area contributed by atoms with Crippen LogP contribution in [0.3, 0.4) is 0 Å². The van der Waals surface area contributed by atoms with Gasteiger partial charge < -0.3 is 0 Å². The van der Waals surface area contributed by atoms with E-state index < -0.39 is 0 Å². The zero-order valence-electron chi connectivity index (χ0n) is 12.1. The molecule has 0 bridgehead atoms. The molecule has 0 unspecified atom stereocenters. The molecule has 0 saturated carbocycles. The standard InChI is InChI=1S/C18H12BrN3O/c19-16-7-5-15(6-8-16)17-9-10-18(23)22(21-17)12-14-3-1-13(11-20)2-4-14/h1-10H,12H2. The molecular formula is C18H12BrN3O. The van der Waals surface area contributed by atoms with Crippen LogP contribution in [0.5, 0.6) is 0 Å². The van der Waals surface area contributed by atoms with E-state index in [2.05, 4.69) is 27.1 Å². The van der Waals surface area contributed by atoms with Gasteiger partial charge in [0.1, 0.15) is 0 Å². The van der Waals surface area contributed by atoms with E-state index in [0.29, 0.717) is 12.1 Å². The van der Waals surface area contributed by atoms with Gasteiger partial charge in [0, 0.05) is 16.1 Å². The largest absolute Gasteiger partial charge is 0.268 e. The highest BCUT2D eigenvalue weighted by atomic mass is 79.9. The fourth-order valence-electron chi connectivity index (χ4n) is 2.19. The molecule has 1 aromatic heterocycles. The van der Waals surface area contributed by atoms with Crippen molar-refractivity contribution in [3.63, 3.8) is 0 Å². The summed E-state index contributed by atoms with van der Waals surface area (Å²) in [4.78, 5) is 12.0. The van der Waals surface area contributed by atoms with Crippen LogP contribution >= 0.6 is 15.9 Å². The first-order valence-electron chi connectivity index (χ1n) is 6.99. The van der Waals surface area contributed by atoms with Crippen molar-refractivity contribution in [3.05, 3.63) is 86.6 Å². The molecule has 3 rings (SSSR count). The van der Waals surface area contributed by atoms with Crippen LogP contribution in [0.25, 0.3) is 11.3 Å². The van der Waals surface area contributed by atoms with Gasteiger partial charge in [-0.3, -0.25) is 4.79 Å². The summed E-state index contributed by atoms with van der Waals surface area (Å²) in [6.07, 6.45) is 0. The number of benzene rings is 2. The molecule has 112 valence electrons. The van der Waals surface area contributed by atoms with Gasteiger partial charge in [0.05, 0.1) is 23.9 Å². The molecule has 0 radical (unpaired) electrons. The third-order valence-electron chi connectivity index (χ3n) is 3.42. The first-order chi connectivity index (χ1) is 11.2. The SMILES string of the molecule is N#Cc1ccc(Cn2nc(-c3ccc(Br)cc3)ccc2=O)cc1. The second-order valence-electron chi connectivity index (χ2n) is 5.03.